The lowest BCUT2D eigenvalue weighted by Gasteiger charge is -2.09. The van der Waals surface area contributed by atoms with Gasteiger partial charge in [-0.2, -0.15) is 0 Å². The predicted octanol–water partition coefficient (Wildman–Crippen LogP) is 3.26. The molecule has 0 unspecified atom stereocenters. The maximum atomic E-state index is 12.0. The minimum atomic E-state index is -1.08. The second-order valence-electron chi connectivity index (χ2n) is 5.30. The van der Waals surface area contributed by atoms with Crippen molar-refractivity contribution in [3.05, 3.63) is 72.8 Å². The Balaban J connectivity index is 2.04. The van der Waals surface area contributed by atoms with Crippen LogP contribution >= 0.6 is 11.6 Å². The van der Waals surface area contributed by atoms with E-state index in [1.807, 2.05) is 0 Å². The number of hydrogen-bond acceptors (Lipinski definition) is 7. The number of rotatable bonds is 6. The first-order chi connectivity index (χ1) is 12.7. The van der Waals surface area contributed by atoms with Gasteiger partial charge in [-0.15, -0.1) is 0 Å². The number of nitro groups is 2. The number of non-ortho nitro benzene ring substituents is 1. The number of carbonyl (C=O) groups excluding carboxylic acids is 2. The molecule has 0 spiro atoms. The van der Waals surface area contributed by atoms with E-state index in [9.17, 15) is 29.8 Å². The zero-order valence-corrected chi connectivity index (χ0v) is 14.6. The number of aryl methyl sites for hydroxylation is 1. The fraction of sp³-hybridized carbons (Fsp3) is 0.125. The Hall–Kier alpha value is -3.53. The summed E-state index contributed by atoms with van der Waals surface area (Å²) < 4.78 is 4.79. The monoisotopic (exact) mass is 393 g/mol. The molecule has 0 bridgehead atoms. The molecule has 140 valence electrons. The van der Waals surface area contributed by atoms with Gasteiger partial charge in [0.05, 0.1) is 9.85 Å². The van der Waals surface area contributed by atoms with Gasteiger partial charge in [0.15, 0.2) is 6.61 Å². The lowest BCUT2D eigenvalue weighted by molar-refractivity contribution is -0.385. The fourth-order valence-electron chi connectivity index (χ4n) is 2.13. The average Bonchev–Trinajstić information content (AvgIpc) is 2.60. The second kappa shape index (κ2) is 8.23. The number of halogens is 1. The van der Waals surface area contributed by atoms with Crippen molar-refractivity contribution >= 4 is 40.5 Å². The first kappa shape index (κ1) is 19.8. The lowest BCUT2D eigenvalue weighted by atomic mass is 10.2. The third-order valence-electron chi connectivity index (χ3n) is 3.40. The fourth-order valence-corrected chi connectivity index (χ4v) is 2.30. The lowest BCUT2D eigenvalue weighted by Crippen LogP contribution is -2.21. The van der Waals surface area contributed by atoms with Gasteiger partial charge in [-0.25, -0.2) is 4.79 Å². The highest BCUT2D eigenvalue weighted by atomic mass is 35.5. The van der Waals surface area contributed by atoms with Gasteiger partial charge < -0.3 is 10.1 Å². The first-order valence-electron chi connectivity index (χ1n) is 7.35. The van der Waals surface area contributed by atoms with E-state index in [4.69, 9.17) is 16.3 Å². The number of nitro benzene ring substituents is 2. The van der Waals surface area contributed by atoms with Crippen molar-refractivity contribution in [2.45, 2.75) is 6.92 Å². The standard InChI is InChI=1S/C16H12ClN3O7/c1-9-6-11(19(23)24)3-4-13(9)18-15(21)8-27-16(22)12-7-10(17)2-5-14(12)20(25)26/h2-7H,8H2,1H3,(H,18,21). The molecule has 0 heterocycles. The number of esters is 1. The van der Waals surface area contributed by atoms with E-state index < -0.39 is 34.0 Å². The highest BCUT2D eigenvalue weighted by Gasteiger charge is 2.22. The largest absolute Gasteiger partial charge is 0.452 e. The van der Waals surface area contributed by atoms with Gasteiger partial charge in [0.2, 0.25) is 0 Å². The van der Waals surface area contributed by atoms with Crippen LogP contribution in [0.15, 0.2) is 36.4 Å². The summed E-state index contributed by atoms with van der Waals surface area (Å²) >= 11 is 5.73. The molecule has 2 aromatic rings. The predicted molar refractivity (Wildman–Crippen MR) is 94.9 cm³/mol. The Morgan fingerprint density at radius 3 is 2.41 bits per heavy atom. The van der Waals surface area contributed by atoms with E-state index in [1.165, 1.54) is 24.3 Å². The molecule has 0 saturated carbocycles. The summed E-state index contributed by atoms with van der Waals surface area (Å²) in [7, 11) is 0. The quantitative estimate of drug-likeness (QED) is 0.450. The van der Waals surface area contributed by atoms with Crippen LogP contribution in [0.25, 0.3) is 0 Å². The number of hydrogen-bond donors (Lipinski definition) is 1. The molecule has 2 aromatic carbocycles. The summed E-state index contributed by atoms with van der Waals surface area (Å²) in [5.74, 6) is -1.80. The van der Waals surface area contributed by atoms with Crippen LogP contribution < -0.4 is 5.32 Å². The number of nitrogens with zero attached hydrogens (tertiary/aromatic N) is 2. The maximum Gasteiger partial charge on any atom is 0.345 e. The summed E-state index contributed by atoms with van der Waals surface area (Å²) in [6, 6.07) is 7.20. The Morgan fingerprint density at radius 1 is 1.11 bits per heavy atom. The van der Waals surface area contributed by atoms with Gasteiger partial charge in [-0.05, 0) is 30.7 Å². The number of nitrogens with one attached hydrogen (secondary N) is 1. The number of ether oxygens (including phenoxy) is 1. The molecule has 1 amide bonds. The Bertz CT molecular complexity index is 946. The Kier molecular flexibility index (Phi) is 6.03. The Labute approximate surface area is 157 Å². The van der Waals surface area contributed by atoms with E-state index in [1.54, 1.807) is 6.92 Å². The summed E-state index contributed by atoms with van der Waals surface area (Å²) in [5.41, 5.74) is -0.280. The van der Waals surface area contributed by atoms with Gasteiger partial charge >= 0.3 is 5.97 Å². The molecular formula is C16H12ClN3O7. The minimum absolute atomic E-state index is 0.0958. The maximum absolute atomic E-state index is 12.0. The van der Waals surface area contributed by atoms with Gasteiger partial charge in [-0.3, -0.25) is 25.0 Å². The summed E-state index contributed by atoms with van der Waals surface area (Å²) in [5, 5.41) is 24.2. The summed E-state index contributed by atoms with van der Waals surface area (Å²) in [6.07, 6.45) is 0. The van der Waals surface area contributed by atoms with Gasteiger partial charge in [-0.1, -0.05) is 11.6 Å². The molecule has 0 radical (unpaired) electrons. The molecule has 0 atom stereocenters. The van der Waals surface area contributed by atoms with Crippen LogP contribution in [0.2, 0.25) is 5.02 Å². The van der Waals surface area contributed by atoms with Crippen LogP contribution in [0.3, 0.4) is 0 Å². The molecule has 0 aromatic heterocycles. The first-order valence-corrected chi connectivity index (χ1v) is 7.73. The molecule has 27 heavy (non-hydrogen) atoms. The van der Waals surface area contributed by atoms with Crippen molar-refractivity contribution in [1.29, 1.82) is 0 Å². The van der Waals surface area contributed by atoms with Gasteiger partial charge in [0.1, 0.15) is 5.56 Å². The number of anilines is 1. The molecule has 0 saturated heterocycles. The van der Waals surface area contributed by atoms with Crippen molar-refractivity contribution in [2.24, 2.45) is 0 Å². The molecule has 0 aliphatic heterocycles. The van der Waals surface area contributed by atoms with Crippen LogP contribution in [0.5, 0.6) is 0 Å². The van der Waals surface area contributed by atoms with Crippen molar-refractivity contribution < 1.29 is 24.2 Å². The van der Waals surface area contributed by atoms with Crippen molar-refractivity contribution in [2.75, 3.05) is 11.9 Å². The molecule has 1 N–H and O–H groups in total. The highest BCUT2D eigenvalue weighted by molar-refractivity contribution is 6.31. The normalized spacial score (nSPS) is 10.1. The van der Waals surface area contributed by atoms with Crippen molar-refractivity contribution in [3.8, 4) is 0 Å². The van der Waals surface area contributed by atoms with Crippen LogP contribution in [0.1, 0.15) is 15.9 Å². The summed E-state index contributed by atoms with van der Waals surface area (Å²) in [4.78, 5) is 44.3. The zero-order chi connectivity index (χ0) is 20.1. The molecule has 0 fully saturated rings. The van der Waals surface area contributed by atoms with Crippen molar-refractivity contribution in [1.82, 2.24) is 0 Å². The van der Waals surface area contributed by atoms with E-state index >= 15 is 0 Å². The van der Waals surface area contributed by atoms with Crippen LogP contribution in [0, 0.1) is 27.2 Å². The van der Waals surface area contributed by atoms with Crippen LogP contribution in [-0.4, -0.2) is 28.3 Å². The number of carbonyl (C=O) groups is 2. The number of benzene rings is 2. The molecule has 10 nitrogen and oxygen atoms in total. The molecule has 0 aliphatic rings. The van der Waals surface area contributed by atoms with Gasteiger partial charge in [0.25, 0.3) is 17.3 Å². The summed E-state index contributed by atoms with van der Waals surface area (Å²) in [6.45, 7) is 0.850. The average molecular weight is 394 g/mol. The van der Waals surface area contributed by atoms with Gasteiger partial charge in [0, 0.05) is 28.9 Å². The topological polar surface area (TPSA) is 142 Å². The molecule has 2 rings (SSSR count). The van der Waals surface area contributed by atoms with Crippen LogP contribution in [0.4, 0.5) is 17.1 Å². The van der Waals surface area contributed by atoms with E-state index in [0.717, 1.165) is 12.1 Å². The smallest absolute Gasteiger partial charge is 0.345 e. The third-order valence-corrected chi connectivity index (χ3v) is 3.64. The second-order valence-corrected chi connectivity index (χ2v) is 5.74. The molecule has 0 aliphatic carbocycles. The minimum Gasteiger partial charge on any atom is -0.452 e. The highest BCUT2D eigenvalue weighted by Crippen LogP contribution is 2.24. The van der Waals surface area contributed by atoms with E-state index in [-0.39, 0.29) is 16.3 Å². The zero-order valence-electron chi connectivity index (χ0n) is 13.8. The van der Waals surface area contributed by atoms with Crippen LogP contribution in [-0.2, 0) is 9.53 Å². The van der Waals surface area contributed by atoms with Crippen molar-refractivity contribution in [3.63, 3.8) is 0 Å². The Morgan fingerprint density at radius 2 is 1.81 bits per heavy atom. The number of amides is 1. The molecule has 11 heteroatoms. The molecular weight excluding hydrogens is 382 g/mol. The third kappa shape index (κ3) is 4.98. The van der Waals surface area contributed by atoms with E-state index in [0.29, 0.717) is 11.3 Å². The SMILES string of the molecule is Cc1cc([N+](=O)[O-])ccc1NC(=O)COC(=O)c1cc(Cl)ccc1[N+](=O)[O-]. The van der Waals surface area contributed by atoms with E-state index in [2.05, 4.69) is 5.32 Å².